The Morgan fingerprint density at radius 3 is 2.61 bits per heavy atom. The zero-order valence-corrected chi connectivity index (χ0v) is 11.4. The van der Waals surface area contributed by atoms with Gasteiger partial charge in [-0.25, -0.2) is 0 Å². The molecule has 0 amide bonds. The van der Waals surface area contributed by atoms with Gasteiger partial charge in [-0.3, -0.25) is 0 Å². The van der Waals surface area contributed by atoms with Gasteiger partial charge in [0.25, 0.3) is 5.95 Å². The maximum absolute atomic E-state index is 5.80. The second kappa shape index (κ2) is 6.18. The van der Waals surface area contributed by atoms with E-state index in [-0.39, 0.29) is 5.92 Å². The molecule has 1 saturated heterocycles. The quantitative estimate of drug-likeness (QED) is 0.869. The minimum Gasteiger partial charge on any atom is -0.338 e. The molecule has 2 rings (SSSR count). The molecule has 1 aromatic heterocycles. The van der Waals surface area contributed by atoms with E-state index >= 15 is 0 Å². The summed E-state index contributed by atoms with van der Waals surface area (Å²) in [7, 11) is 0. The second-order valence-electron chi connectivity index (χ2n) is 5.54. The summed E-state index contributed by atoms with van der Waals surface area (Å²) >= 11 is 0. The largest absolute Gasteiger partial charge is 0.338 e. The maximum atomic E-state index is 5.80. The Bertz CT molecular complexity index is 358. The van der Waals surface area contributed by atoms with Crippen molar-refractivity contribution >= 4 is 5.95 Å². The van der Waals surface area contributed by atoms with E-state index < -0.39 is 0 Å². The Morgan fingerprint density at radius 1 is 1.28 bits per heavy atom. The monoisotopic (exact) mass is 252 g/mol. The fourth-order valence-corrected chi connectivity index (χ4v) is 2.48. The lowest BCUT2D eigenvalue weighted by Gasteiger charge is -2.24. The Balaban J connectivity index is 2.03. The molecule has 0 aromatic carbocycles. The number of anilines is 1. The van der Waals surface area contributed by atoms with Crippen LogP contribution >= 0.6 is 0 Å². The molecule has 2 N–H and O–H groups in total. The van der Waals surface area contributed by atoms with Gasteiger partial charge >= 0.3 is 0 Å². The van der Waals surface area contributed by atoms with Crippen molar-refractivity contribution in [3.8, 4) is 0 Å². The van der Waals surface area contributed by atoms with Gasteiger partial charge in [0.1, 0.15) is 0 Å². The number of nitrogens with zero attached hydrogens (tertiary/aromatic N) is 3. The SMILES string of the molecule is CC(C)CC(CN)c1nc(N2CCCCC2)no1. The highest BCUT2D eigenvalue weighted by Crippen LogP contribution is 2.24. The molecule has 1 unspecified atom stereocenters. The third kappa shape index (κ3) is 3.22. The lowest BCUT2D eigenvalue weighted by Crippen LogP contribution is -2.30. The minimum absolute atomic E-state index is 0.191. The topological polar surface area (TPSA) is 68.2 Å². The molecular formula is C13H24N4O. The van der Waals surface area contributed by atoms with Crippen molar-refractivity contribution in [3.05, 3.63) is 5.89 Å². The summed E-state index contributed by atoms with van der Waals surface area (Å²) in [6, 6.07) is 0. The van der Waals surface area contributed by atoms with Gasteiger partial charge in [0, 0.05) is 19.6 Å². The molecule has 0 spiro atoms. The van der Waals surface area contributed by atoms with Crippen molar-refractivity contribution in [3.63, 3.8) is 0 Å². The van der Waals surface area contributed by atoms with E-state index in [2.05, 4.69) is 28.9 Å². The Morgan fingerprint density at radius 2 is 2.00 bits per heavy atom. The van der Waals surface area contributed by atoms with Crippen molar-refractivity contribution in [2.75, 3.05) is 24.5 Å². The fraction of sp³-hybridized carbons (Fsp3) is 0.846. The molecule has 0 radical (unpaired) electrons. The average Bonchev–Trinajstić information content (AvgIpc) is 2.86. The van der Waals surface area contributed by atoms with Crippen LogP contribution in [0.4, 0.5) is 5.95 Å². The van der Waals surface area contributed by atoms with Gasteiger partial charge in [-0.1, -0.05) is 13.8 Å². The first kappa shape index (κ1) is 13.3. The summed E-state index contributed by atoms with van der Waals surface area (Å²) < 4.78 is 5.39. The highest BCUT2D eigenvalue weighted by atomic mass is 16.5. The summed E-state index contributed by atoms with van der Waals surface area (Å²) in [5, 5.41) is 4.10. The van der Waals surface area contributed by atoms with Crippen LogP contribution in [0, 0.1) is 5.92 Å². The Labute approximate surface area is 109 Å². The van der Waals surface area contributed by atoms with Crippen LogP contribution in [0.2, 0.25) is 0 Å². The fourth-order valence-electron chi connectivity index (χ4n) is 2.48. The smallest absolute Gasteiger partial charge is 0.266 e. The predicted molar refractivity (Wildman–Crippen MR) is 71.6 cm³/mol. The van der Waals surface area contributed by atoms with Crippen LogP contribution < -0.4 is 10.6 Å². The van der Waals surface area contributed by atoms with Crippen molar-refractivity contribution < 1.29 is 4.52 Å². The first-order valence-corrected chi connectivity index (χ1v) is 6.99. The molecule has 0 aliphatic carbocycles. The van der Waals surface area contributed by atoms with Gasteiger partial charge < -0.3 is 15.2 Å². The average molecular weight is 252 g/mol. The van der Waals surface area contributed by atoms with E-state index in [1.54, 1.807) is 0 Å². The van der Waals surface area contributed by atoms with Crippen LogP contribution in [0.3, 0.4) is 0 Å². The number of hydrogen-bond acceptors (Lipinski definition) is 5. The minimum atomic E-state index is 0.191. The number of aromatic nitrogens is 2. The van der Waals surface area contributed by atoms with Gasteiger partial charge in [-0.05, 0) is 36.8 Å². The molecule has 0 bridgehead atoms. The van der Waals surface area contributed by atoms with E-state index in [1.807, 2.05) is 0 Å². The first-order valence-electron chi connectivity index (χ1n) is 6.99. The third-order valence-electron chi connectivity index (χ3n) is 3.46. The van der Waals surface area contributed by atoms with Gasteiger partial charge in [-0.15, -0.1) is 0 Å². The molecule has 1 aliphatic rings. The Kier molecular flexibility index (Phi) is 4.58. The third-order valence-corrected chi connectivity index (χ3v) is 3.46. The van der Waals surface area contributed by atoms with Gasteiger partial charge in [0.2, 0.25) is 5.89 Å². The van der Waals surface area contributed by atoms with Crippen LogP contribution in [0.25, 0.3) is 0 Å². The summed E-state index contributed by atoms with van der Waals surface area (Å²) in [6.45, 7) is 7.02. The molecule has 1 fully saturated rings. The van der Waals surface area contributed by atoms with Crippen molar-refractivity contribution in [2.24, 2.45) is 11.7 Å². The van der Waals surface area contributed by atoms with E-state index in [4.69, 9.17) is 10.3 Å². The summed E-state index contributed by atoms with van der Waals surface area (Å²) in [6.07, 6.45) is 4.74. The van der Waals surface area contributed by atoms with Crippen LogP contribution in [0.15, 0.2) is 4.52 Å². The molecule has 102 valence electrons. The molecule has 1 aromatic rings. The molecule has 0 saturated carbocycles. The molecule has 1 atom stereocenters. The highest BCUT2D eigenvalue weighted by Gasteiger charge is 2.22. The number of hydrogen-bond donors (Lipinski definition) is 1. The Hall–Kier alpha value is -1.10. The van der Waals surface area contributed by atoms with E-state index in [0.29, 0.717) is 18.4 Å². The lowest BCUT2D eigenvalue weighted by molar-refractivity contribution is 0.333. The highest BCUT2D eigenvalue weighted by molar-refractivity contribution is 5.28. The van der Waals surface area contributed by atoms with E-state index in [1.165, 1.54) is 19.3 Å². The molecule has 2 heterocycles. The zero-order valence-electron chi connectivity index (χ0n) is 11.4. The van der Waals surface area contributed by atoms with Crippen LogP contribution in [-0.4, -0.2) is 29.8 Å². The predicted octanol–water partition coefficient (Wildman–Crippen LogP) is 2.15. The number of nitrogens with two attached hydrogens (primary N) is 1. The van der Waals surface area contributed by atoms with Gasteiger partial charge in [0.15, 0.2) is 0 Å². The van der Waals surface area contributed by atoms with E-state index in [0.717, 1.165) is 25.5 Å². The summed E-state index contributed by atoms with van der Waals surface area (Å²) in [5.74, 6) is 2.22. The van der Waals surface area contributed by atoms with Crippen molar-refractivity contribution in [1.29, 1.82) is 0 Å². The molecule has 18 heavy (non-hydrogen) atoms. The molecule has 5 heteroatoms. The van der Waals surface area contributed by atoms with Crippen molar-refractivity contribution in [2.45, 2.75) is 45.4 Å². The van der Waals surface area contributed by atoms with Crippen LogP contribution in [-0.2, 0) is 0 Å². The van der Waals surface area contributed by atoms with Gasteiger partial charge in [-0.2, -0.15) is 4.98 Å². The normalized spacial score (nSPS) is 18.3. The van der Waals surface area contributed by atoms with Crippen LogP contribution in [0.5, 0.6) is 0 Å². The lowest BCUT2D eigenvalue weighted by atomic mass is 9.97. The molecule has 1 aliphatic heterocycles. The maximum Gasteiger partial charge on any atom is 0.266 e. The number of rotatable bonds is 5. The molecule has 5 nitrogen and oxygen atoms in total. The second-order valence-corrected chi connectivity index (χ2v) is 5.54. The summed E-state index contributed by atoms with van der Waals surface area (Å²) in [5.41, 5.74) is 5.80. The summed E-state index contributed by atoms with van der Waals surface area (Å²) in [4.78, 5) is 6.73. The number of piperidine rings is 1. The zero-order chi connectivity index (χ0) is 13.0. The first-order chi connectivity index (χ1) is 8.70. The van der Waals surface area contributed by atoms with Gasteiger partial charge in [0.05, 0.1) is 5.92 Å². The standard InChI is InChI=1S/C13H24N4O/c1-10(2)8-11(9-14)12-15-13(16-18-12)17-6-4-3-5-7-17/h10-11H,3-9,14H2,1-2H3. The van der Waals surface area contributed by atoms with E-state index in [9.17, 15) is 0 Å². The van der Waals surface area contributed by atoms with Crippen LogP contribution in [0.1, 0.15) is 51.3 Å². The van der Waals surface area contributed by atoms with Crippen molar-refractivity contribution in [1.82, 2.24) is 10.1 Å². The molecular weight excluding hydrogens is 228 g/mol.